The summed E-state index contributed by atoms with van der Waals surface area (Å²) < 4.78 is 0. The molecule has 0 fully saturated rings. The van der Waals surface area contributed by atoms with Crippen molar-refractivity contribution in [2.24, 2.45) is 0 Å². The van der Waals surface area contributed by atoms with Gasteiger partial charge in [-0.05, 0) is 39.2 Å². The van der Waals surface area contributed by atoms with E-state index in [1.165, 1.54) is 11.3 Å². The highest BCUT2D eigenvalue weighted by atomic mass is 32.2. The van der Waals surface area contributed by atoms with Crippen molar-refractivity contribution in [3.05, 3.63) is 30.3 Å². The first-order valence-electron chi connectivity index (χ1n) is 6.66. The van der Waals surface area contributed by atoms with Crippen LogP contribution in [0.5, 0.6) is 0 Å². The van der Waals surface area contributed by atoms with Gasteiger partial charge in [0.1, 0.15) is 0 Å². The number of thioether (sulfide) groups is 1. The third-order valence-electron chi connectivity index (χ3n) is 2.69. The van der Waals surface area contributed by atoms with Gasteiger partial charge in [0.15, 0.2) is 0 Å². The minimum atomic E-state index is 0.550. The lowest BCUT2D eigenvalue weighted by Gasteiger charge is -2.22. The average molecular weight is 266 g/mol. The van der Waals surface area contributed by atoms with E-state index in [9.17, 15) is 0 Å². The fourth-order valence-corrected chi connectivity index (χ4v) is 2.82. The molecular formula is C15H26N2S. The molecule has 0 aromatic heterocycles. The van der Waals surface area contributed by atoms with Crippen LogP contribution in [0.2, 0.25) is 0 Å². The smallest absolute Gasteiger partial charge is 0.0176 e. The molecule has 1 aromatic rings. The molecule has 1 aromatic carbocycles. The number of benzene rings is 1. The third-order valence-corrected chi connectivity index (χ3v) is 3.86. The van der Waals surface area contributed by atoms with Gasteiger partial charge in [-0.3, -0.25) is 0 Å². The molecule has 0 bridgehead atoms. The molecule has 2 nitrogen and oxygen atoms in total. The van der Waals surface area contributed by atoms with Gasteiger partial charge in [-0.15, -0.1) is 11.8 Å². The minimum Gasteiger partial charge on any atom is -0.311 e. The topological polar surface area (TPSA) is 15.3 Å². The predicted molar refractivity (Wildman–Crippen MR) is 82.4 cm³/mol. The quantitative estimate of drug-likeness (QED) is 0.728. The van der Waals surface area contributed by atoms with Gasteiger partial charge in [0.05, 0.1) is 0 Å². The summed E-state index contributed by atoms with van der Waals surface area (Å²) in [6.07, 6.45) is 1.20. The van der Waals surface area contributed by atoms with Crippen LogP contribution in [0.25, 0.3) is 0 Å². The molecule has 0 amide bonds. The van der Waals surface area contributed by atoms with Crippen LogP contribution in [0.15, 0.2) is 35.2 Å². The zero-order valence-electron chi connectivity index (χ0n) is 12.0. The highest BCUT2D eigenvalue weighted by Crippen LogP contribution is 2.19. The molecule has 1 unspecified atom stereocenters. The van der Waals surface area contributed by atoms with E-state index in [-0.39, 0.29) is 0 Å². The molecule has 3 heteroatoms. The van der Waals surface area contributed by atoms with Crippen LogP contribution in [0, 0.1) is 0 Å². The van der Waals surface area contributed by atoms with Crippen molar-refractivity contribution in [1.29, 1.82) is 0 Å². The molecule has 0 saturated heterocycles. The Balaban J connectivity index is 2.40. The van der Waals surface area contributed by atoms with E-state index in [4.69, 9.17) is 0 Å². The van der Waals surface area contributed by atoms with Crippen LogP contribution in [0.4, 0.5) is 0 Å². The first kappa shape index (κ1) is 15.5. The molecule has 0 spiro atoms. The summed E-state index contributed by atoms with van der Waals surface area (Å²) in [6.45, 7) is 5.57. The Morgan fingerprint density at radius 2 is 1.83 bits per heavy atom. The van der Waals surface area contributed by atoms with Crippen LogP contribution >= 0.6 is 11.8 Å². The number of nitrogens with one attached hydrogen (secondary N) is 1. The van der Waals surface area contributed by atoms with E-state index in [2.05, 4.69) is 68.5 Å². The van der Waals surface area contributed by atoms with Gasteiger partial charge in [0.25, 0.3) is 0 Å². The van der Waals surface area contributed by atoms with Gasteiger partial charge >= 0.3 is 0 Å². The van der Waals surface area contributed by atoms with Gasteiger partial charge in [-0.1, -0.05) is 32.0 Å². The van der Waals surface area contributed by atoms with Crippen molar-refractivity contribution in [1.82, 2.24) is 10.2 Å². The molecule has 0 radical (unpaired) electrons. The van der Waals surface area contributed by atoms with Crippen molar-refractivity contribution in [2.45, 2.75) is 37.2 Å². The molecule has 0 aliphatic rings. The van der Waals surface area contributed by atoms with Gasteiger partial charge < -0.3 is 10.2 Å². The molecule has 1 rings (SSSR count). The van der Waals surface area contributed by atoms with Crippen LogP contribution in [0.1, 0.15) is 20.3 Å². The molecule has 0 aliphatic heterocycles. The number of nitrogens with zero attached hydrogens (tertiary/aromatic N) is 1. The normalized spacial score (nSPS) is 13.2. The van der Waals surface area contributed by atoms with Crippen LogP contribution in [0.3, 0.4) is 0 Å². The summed E-state index contributed by atoms with van der Waals surface area (Å²) >= 11 is 1.94. The third kappa shape index (κ3) is 7.04. The van der Waals surface area contributed by atoms with Crippen molar-refractivity contribution in [3.8, 4) is 0 Å². The van der Waals surface area contributed by atoms with Crippen molar-refractivity contribution in [3.63, 3.8) is 0 Å². The first-order valence-corrected chi connectivity index (χ1v) is 7.65. The Hall–Kier alpha value is -0.510. The number of hydrogen-bond acceptors (Lipinski definition) is 3. The lowest BCUT2D eigenvalue weighted by atomic mass is 10.2. The summed E-state index contributed by atoms with van der Waals surface area (Å²) in [4.78, 5) is 3.61. The van der Waals surface area contributed by atoms with Gasteiger partial charge in [-0.2, -0.15) is 0 Å². The Morgan fingerprint density at radius 1 is 1.17 bits per heavy atom. The van der Waals surface area contributed by atoms with Gasteiger partial charge in [0, 0.05) is 22.7 Å². The molecule has 1 atom stereocenters. The second-order valence-electron chi connectivity index (χ2n) is 5.23. The fourth-order valence-electron chi connectivity index (χ4n) is 1.81. The minimum absolute atomic E-state index is 0.550. The average Bonchev–Trinajstić information content (AvgIpc) is 2.33. The summed E-state index contributed by atoms with van der Waals surface area (Å²) in [7, 11) is 4.27. The SMILES string of the molecule is CC(C)NC(CCN(C)C)CSc1ccccc1. The first-order chi connectivity index (χ1) is 8.58. The lowest BCUT2D eigenvalue weighted by Crippen LogP contribution is -2.38. The van der Waals surface area contributed by atoms with E-state index in [0.717, 1.165) is 12.3 Å². The largest absolute Gasteiger partial charge is 0.311 e. The molecule has 0 saturated carbocycles. The standard InChI is InChI=1S/C15H26N2S/c1-13(2)16-14(10-11-17(3)4)12-18-15-8-6-5-7-9-15/h5-9,13-14,16H,10-12H2,1-4H3. The second-order valence-corrected chi connectivity index (χ2v) is 6.33. The zero-order chi connectivity index (χ0) is 13.4. The van der Waals surface area contributed by atoms with Crippen molar-refractivity contribution in [2.75, 3.05) is 26.4 Å². The van der Waals surface area contributed by atoms with E-state index in [1.54, 1.807) is 0 Å². The molecule has 0 aliphatic carbocycles. The monoisotopic (exact) mass is 266 g/mol. The molecule has 1 N–H and O–H groups in total. The van der Waals surface area contributed by atoms with Gasteiger partial charge in [0.2, 0.25) is 0 Å². The summed E-state index contributed by atoms with van der Waals surface area (Å²) in [5.74, 6) is 1.13. The zero-order valence-corrected chi connectivity index (χ0v) is 12.8. The van der Waals surface area contributed by atoms with Crippen LogP contribution in [-0.4, -0.2) is 43.4 Å². The highest BCUT2D eigenvalue weighted by molar-refractivity contribution is 7.99. The molecular weight excluding hydrogens is 240 g/mol. The van der Waals surface area contributed by atoms with Crippen LogP contribution < -0.4 is 5.32 Å². The highest BCUT2D eigenvalue weighted by Gasteiger charge is 2.10. The Bertz CT molecular complexity index is 312. The van der Waals surface area contributed by atoms with E-state index >= 15 is 0 Å². The maximum atomic E-state index is 3.66. The van der Waals surface area contributed by atoms with E-state index in [1.807, 2.05) is 11.8 Å². The Kier molecular flexibility index (Phi) is 7.40. The maximum absolute atomic E-state index is 3.66. The summed E-state index contributed by atoms with van der Waals surface area (Å²) in [6, 6.07) is 11.8. The van der Waals surface area contributed by atoms with Crippen LogP contribution in [-0.2, 0) is 0 Å². The Labute approximate surface area is 116 Å². The number of rotatable bonds is 8. The second kappa shape index (κ2) is 8.57. The van der Waals surface area contributed by atoms with Gasteiger partial charge in [-0.25, -0.2) is 0 Å². The molecule has 0 heterocycles. The maximum Gasteiger partial charge on any atom is 0.0176 e. The molecule has 18 heavy (non-hydrogen) atoms. The van der Waals surface area contributed by atoms with E-state index < -0.39 is 0 Å². The molecule has 102 valence electrons. The van der Waals surface area contributed by atoms with E-state index in [0.29, 0.717) is 12.1 Å². The van der Waals surface area contributed by atoms with Crippen molar-refractivity contribution >= 4 is 11.8 Å². The number of hydrogen-bond donors (Lipinski definition) is 1. The fraction of sp³-hybridized carbons (Fsp3) is 0.600. The Morgan fingerprint density at radius 3 is 2.39 bits per heavy atom. The summed E-state index contributed by atoms with van der Waals surface area (Å²) in [5.41, 5.74) is 0. The predicted octanol–water partition coefficient (Wildman–Crippen LogP) is 3.10. The summed E-state index contributed by atoms with van der Waals surface area (Å²) in [5, 5.41) is 3.66. The lowest BCUT2D eigenvalue weighted by molar-refractivity contribution is 0.359. The van der Waals surface area contributed by atoms with Crippen molar-refractivity contribution < 1.29 is 0 Å².